The smallest absolute Gasteiger partial charge is 0.324 e. The van der Waals surface area contributed by atoms with Crippen molar-refractivity contribution in [2.45, 2.75) is 65.1 Å². The number of unbranched alkanes of at least 4 members (excludes halogenated alkanes) is 1. The average molecular weight is 565 g/mol. The van der Waals surface area contributed by atoms with Crippen molar-refractivity contribution in [1.82, 2.24) is 18.7 Å². The lowest BCUT2D eigenvalue weighted by Crippen LogP contribution is -2.40. The number of rotatable bonds is 11. The zero-order chi connectivity index (χ0) is 25.8. The van der Waals surface area contributed by atoms with Crippen molar-refractivity contribution in [2.75, 3.05) is 6.16 Å². The van der Waals surface area contributed by atoms with E-state index in [2.05, 4.69) is 21.9 Å². The molecule has 0 spiro atoms. The Morgan fingerprint density at radius 2 is 1.89 bits per heavy atom. The van der Waals surface area contributed by atoms with E-state index in [0.29, 0.717) is 30.6 Å². The first-order chi connectivity index (χ1) is 16.6. The number of terminal acetylenes is 1. The minimum Gasteiger partial charge on any atom is -0.324 e. The van der Waals surface area contributed by atoms with Gasteiger partial charge in [0.25, 0.3) is 5.56 Å². The summed E-state index contributed by atoms with van der Waals surface area (Å²) >= 11 is 3.57. The summed E-state index contributed by atoms with van der Waals surface area (Å²) in [6.07, 6.45) is 7.75. The van der Waals surface area contributed by atoms with Gasteiger partial charge in [-0.05, 0) is 44.2 Å². The third-order valence-corrected chi connectivity index (χ3v) is 7.74. The lowest BCUT2D eigenvalue weighted by Gasteiger charge is -2.16. The molecule has 35 heavy (non-hydrogen) atoms. The van der Waals surface area contributed by atoms with Crippen molar-refractivity contribution in [1.29, 1.82) is 0 Å². The SMILES string of the molecule is C#CCn1c(=O)c2c(nc(CCc3ccccc3Br)n2C(C)CC)n(CCCCP(=O)(O)O)c1=O. The Morgan fingerprint density at radius 3 is 2.51 bits per heavy atom. The quantitative estimate of drug-likeness (QED) is 0.209. The molecular formula is C24H30BrN4O5P. The van der Waals surface area contributed by atoms with Crippen LogP contribution in [0.15, 0.2) is 38.3 Å². The number of hydrogen-bond acceptors (Lipinski definition) is 4. The monoisotopic (exact) mass is 564 g/mol. The van der Waals surface area contributed by atoms with Crippen molar-refractivity contribution in [3.05, 3.63) is 61.0 Å². The van der Waals surface area contributed by atoms with E-state index in [9.17, 15) is 14.2 Å². The molecule has 9 nitrogen and oxygen atoms in total. The Morgan fingerprint density at radius 1 is 1.17 bits per heavy atom. The maximum atomic E-state index is 13.4. The molecule has 0 saturated carbocycles. The van der Waals surface area contributed by atoms with Crippen LogP contribution in [0.1, 0.15) is 50.5 Å². The van der Waals surface area contributed by atoms with Crippen LogP contribution in [0.25, 0.3) is 11.2 Å². The third kappa shape index (κ3) is 6.22. The molecule has 1 aromatic carbocycles. The maximum absolute atomic E-state index is 13.4. The lowest BCUT2D eigenvalue weighted by atomic mass is 10.1. The molecule has 1 atom stereocenters. The van der Waals surface area contributed by atoms with E-state index < -0.39 is 18.8 Å². The number of aromatic nitrogens is 4. The number of benzene rings is 1. The molecule has 0 aliphatic carbocycles. The molecule has 3 aromatic rings. The summed E-state index contributed by atoms with van der Waals surface area (Å²) in [5.74, 6) is 3.08. The van der Waals surface area contributed by atoms with Crippen molar-refractivity contribution in [3.8, 4) is 12.3 Å². The summed E-state index contributed by atoms with van der Waals surface area (Å²) in [6.45, 7) is 4.02. The average Bonchev–Trinajstić information content (AvgIpc) is 3.19. The summed E-state index contributed by atoms with van der Waals surface area (Å²) in [5.41, 5.74) is 0.671. The Balaban J connectivity index is 2.14. The first kappa shape index (κ1) is 27.2. The van der Waals surface area contributed by atoms with Gasteiger partial charge in [-0.1, -0.05) is 47.0 Å². The summed E-state index contributed by atoms with van der Waals surface area (Å²) in [5, 5.41) is 0. The van der Waals surface area contributed by atoms with Crippen LogP contribution in [-0.4, -0.2) is 34.6 Å². The molecule has 2 heterocycles. The minimum atomic E-state index is -4.13. The van der Waals surface area contributed by atoms with Gasteiger partial charge in [-0.15, -0.1) is 6.42 Å². The molecule has 2 aromatic heterocycles. The Kier molecular flexibility index (Phi) is 8.94. The van der Waals surface area contributed by atoms with Gasteiger partial charge in [-0.25, -0.2) is 14.3 Å². The second kappa shape index (κ2) is 11.5. The Labute approximate surface area is 212 Å². The molecule has 0 amide bonds. The molecule has 11 heteroatoms. The van der Waals surface area contributed by atoms with Gasteiger partial charge in [0.05, 0.1) is 6.54 Å². The molecule has 0 radical (unpaired) electrons. The van der Waals surface area contributed by atoms with Gasteiger partial charge in [0.2, 0.25) is 0 Å². The Bertz CT molecular complexity index is 1410. The highest BCUT2D eigenvalue weighted by atomic mass is 79.9. The van der Waals surface area contributed by atoms with Gasteiger partial charge in [-0.2, -0.15) is 0 Å². The van der Waals surface area contributed by atoms with Crippen molar-refractivity contribution in [2.24, 2.45) is 0 Å². The summed E-state index contributed by atoms with van der Waals surface area (Å²) in [4.78, 5) is 49.7. The van der Waals surface area contributed by atoms with Crippen molar-refractivity contribution < 1.29 is 14.4 Å². The van der Waals surface area contributed by atoms with Crippen LogP contribution in [0.4, 0.5) is 0 Å². The highest BCUT2D eigenvalue weighted by molar-refractivity contribution is 9.10. The van der Waals surface area contributed by atoms with Gasteiger partial charge < -0.3 is 14.4 Å². The van der Waals surface area contributed by atoms with E-state index in [4.69, 9.17) is 21.2 Å². The fourth-order valence-electron chi connectivity index (χ4n) is 4.11. The fourth-order valence-corrected chi connectivity index (χ4v) is 5.22. The first-order valence-corrected chi connectivity index (χ1v) is 14.1. The van der Waals surface area contributed by atoms with Crippen LogP contribution in [0, 0.1) is 12.3 Å². The van der Waals surface area contributed by atoms with E-state index in [-0.39, 0.29) is 37.4 Å². The summed E-state index contributed by atoms with van der Waals surface area (Å²) in [7, 11) is -4.13. The van der Waals surface area contributed by atoms with Crippen LogP contribution < -0.4 is 11.2 Å². The molecular weight excluding hydrogens is 535 g/mol. The molecule has 188 valence electrons. The van der Waals surface area contributed by atoms with E-state index >= 15 is 0 Å². The van der Waals surface area contributed by atoms with Crippen molar-refractivity contribution >= 4 is 34.7 Å². The van der Waals surface area contributed by atoms with Gasteiger partial charge >= 0.3 is 13.3 Å². The number of aryl methyl sites for hydroxylation is 3. The largest absolute Gasteiger partial charge is 0.333 e. The maximum Gasteiger partial charge on any atom is 0.333 e. The molecule has 0 bridgehead atoms. The van der Waals surface area contributed by atoms with Gasteiger partial charge in [0.15, 0.2) is 11.2 Å². The van der Waals surface area contributed by atoms with E-state index in [0.717, 1.165) is 21.0 Å². The fraction of sp³-hybridized carbons (Fsp3) is 0.458. The standard InChI is InChI=1S/C24H30BrN4O5P/c1-4-14-28-23(30)21-22(27(24(28)31)15-8-9-16-35(32,33)34)26-20(29(21)17(3)5-2)13-12-18-10-6-7-11-19(18)25/h1,6-7,10-11,17H,5,8-9,12-16H2,2-3H3,(H2,32,33,34). The summed E-state index contributed by atoms with van der Waals surface area (Å²) < 4.78 is 16.6. The van der Waals surface area contributed by atoms with E-state index in [1.165, 1.54) is 4.57 Å². The van der Waals surface area contributed by atoms with Gasteiger partial charge in [0.1, 0.15) is 5.82 Å². The molecule has 0 saturated heterocycles. The molecule has 1 unspecified atom stereocenters. The molecule has 0 aliphatic heterocycles. The van der Waals surface area contributed by atoms with E-state index in [1.54, 1.807) is 0 Å². The number of halogens is 1. The van der Waals surface area contributed by atoms with Gasteiger partial charge in [-0.3, -0.25) is 13.9 Å². The highest BCUT2D eigenvalue weighted by Crippen LogP contribution is 2.35. The van der Waals surface area contributed by atoms with Crippen LogP contribution in [-0.2, 0) is 30.5 Å². The van der Waals surface area contributed by atoms with Crippen LogP contribution in [0.5, 0.6) is 0 Å². The van der Waals surface area contributed by atoms with E-state index in [1.807, 2.05) is 42.7 Å². The lowest BCUT2D eigenvalue weighted by molar-refractivity contribution is 0.370. The zero-order valence-corrected chi connectivity index (χ0v) is 22.3. The second-order valence-electron chi connectivity index (χ2n) is 8.54. The number of hydrogen-bond donors (Lipinski definition) is 2. The van der Waals surface area contributed by atoms with Crippen LogP contribution in [0.3, 0.4) is 0 Å². The highest BCUT2D eigenvalue weighted by Gasteiger charge is 2.24. The van der Waals surface area contributed by atoms with Crippen LogP contribution >= 0.6 is 23.5 Å². The van der Waals surface area contributed by atoms with Crippen LogP contribution in [0.2, 0.25) is 0 Å². The molecule has 3 rings (SSSR count). The Hall–Kier alpha value is -2.44. The second-order valence-corrected chi connectivity index (χ2v) is 11.2. The molecule has 2 N–H and O–H groups in total. The predicted molar refractivity (Wildman–Crippen MR) is 140 cm³/mol. The summed E-state index contributed by atoms with van der Waals surface area (Å²) in [6, 6.07) is 7.87. The zero-order valence-electron chi connectivity index (χ0n) is 19.9. The topological polar surface area (TPSA) is 119 Å². The molecule has 0 aliphatic rings. The minimum absolute atomic E-state index is 0.0400. The molecule has 0 fully saturated rings. The normalized spacial score (nSPS) is 12.7. The number of fused-ring (bicyclic) bond motifs is 1. The third-order valence-electron chi connectivity index (χ3n) is 6.07. The first-order valence-electron chi connectivity index (χ1n) is 11.5. The number of nitrogens with zero attached hydrogens (tertiary/aromatic N) is 4. The van der Waals surface area contributed by atoms with Gasteiger partial charge in [0, 0.05) is 29.6 Å². The predicted octanol–water partition coefficient (Wildman–Crippen LogP) is 3.47. The number of imidazole rings is 1. The van der Waals surface area contributed by atoms with Crippen molar-refractivity contribution in [3.63, 3.8) is 0 Å².